The summed E-state index contributed by atoms with van der Waals surface area (Å²) in [6.07, 6.45) is 0.721. The molecule has 3 aromatic carbocycles. The van der Waals surface area contributed by atoms with Gasteiger partial charge < -0.3 is 9.73 Å². The quantitative estimate of drug-likeness (QED) is 0.489. The van der Waals surface area contributed by atoms with Crippen LogP contribution in [0.4, 0.5) is 0 Å². The number of nitrogens with one attached hydrogen (secondary N) is 1. The van der Waals surface area contributed by atoms with Crippen LogP contribution in [0.15, 0.2) is 100 Å². The van der Waals surface area contributed by atoms with Crippen molar-refractivity contribution in [2.24, 2.45) is 0 Å². The van der Waals surface area contributed by atoms with E-state index in [2.05, 4.69) is 29.6 Å². The Bertz CT molecular complexity index is 1130. The molecule has 0 saturated carbocycles. The van der Waals surface area contributed by atoms with Crippen LogP contribution in [0.1, 0.15) is 33.8 Å². The fourth-order valence-electron chi connectivity index (χ4n) is 3.54. The molecule has 144 valence electrons. The maximum absolute atomic E-state index is 12.6. The van der Waals surface area contributed by atoms with Gasteiger partial charge in [0.25, 0.3) is 5.91 Å². The maximum atomic E-state index is 12.6. The molecule has 0 bridgehead atoms. The largest absolute Gasteiger partial charge is 0.422 e. The molecule has 0 radical (unpaired) electrons. The lowest BCUT2D eigenvalue weighted by atomic mass is 9.88. The molecule has 4 rings (SSSR count). The van der Waals surface area contributed by atoms with Crippen molar-refractivity contribution in [2.75, 3.05) is 6.54 Å². The third-order valence-electron chi connectivity index (χ3n) is 5.01. The van der Waals surface area contributed by atoms with Crippen LogP contribution in [-0.2, 0) is 0 Å². The molecule has 29 heavy (non-hydrogen) atoms. The predicted molar refractivity (Wildman–Crippen MR) is 114 cm³/mol. The van der Waals surface area contributed by atoms with E-state index in [-0.39, 0.29) is 11.5 Å². The zero-order valence-corrected chi connectivity index (χ0v) is 15.9. The molecular weight excluding hydrogens is 362 g/mol. The summed E-state index contributed by atoms with van der Waals surface area (Å²) in [6, 6.07) is 29.2. The first-order valence-corrected chi connectivity index (χ1v) is 9.63. The van der Waals surface area contributed by atoms with Gasteiger partial charge >= 0.3 is 5.63 Å². The first kappa shape index (κ1) is 18.7. The van der Waals surface area contributed by atoms with Crippen LogP contribution in [0.2, 0.25) is 0 Å². The lowest BCUT2D eigenvalue weighted by Crippen LogP contribution is -2.29. The van der Waals surface area contributed by atoms with E-state index in [9.17, 15) is 9.59 Å². The molecule has 0 atom stereocenters. The first-order chi connectivity index (χ1) is 14.2. The highest BCUT2D eigenvalue weighted by Gasteiger charge is 2.16. The summed E-state index contributed by atoms with van der Waals surface area (Å²) < 4.78 is 5.26. The molecule has 0 fully saturated rings. The second-order valence-electron chi connectivity index (χ2n) is 6.90. The minimum atomic E-state index is -0.621. The number of hydrogen-bond donors (Lipinski definition) is 1. The molecule has 1 amide bonds. The molecule has 0 unspecified atom stereocenters. The van der Waals surface area contributed by atoms with Crippen LogP contribution in [0.5, 0.6) is 0 Å². The third kappa shape index (κ3) is 4.27. The highest BCUT2D eigenvalue weighted by molar-refractivity contribution is 5.96. The molecule has 0 aliphatic rings. The zero-order valence-electron chi connectivity index (χ0n) is 15.9. The Morgan fingerprint density at radius 1 is 0.828 bits per heavy atom. The van der Waals surface area contributed by atoms with Crippen molar-refractivity contribution in [1.29, 1.82) is 0 Å². The Morgan fingerprint density at radius 2 is 1.41 bits per heavy atom. The average Bonchev–Trinajstić information content (AvgIpc) is 2.77. The van der Waals surface area contributed by atoms with Crippen LogP contribution in [0, 0.1) is 0 Å². The summed E-state index contributed by atoms with van der Waals surface area (Å²) in [6.45, 7) is 0.444. The number of carbonyl (C=O) groups excluding carboxylic acids is 1. The topological polar surface area (TPSA) is 59.3 Å². The molecule has 4 heteroatoms. The fourth-order valence-corrected chi connectivity index (χ4v) is 3.54. The van der Waals surface area contributed by atoms with E-state index in [1.165, 1.54) is 11.1 Å². The number of benzene rings is 3. The van der Waals surface area contributed by atoms with Gasteiger partial charge in [0.2, 0.25) is 0 Å². The Kier molecular flexibility index (Phi) is 5.52. The van der Waals surface area contributed by atoms with Crippen molar-refractivity contribution in [3.05, 3.63) is 118 Å². The van der Waals surface area contributed by atoms with E-state index in [4.69, 9.17) is 4.42 Å². The first-order valence-electron chi connectivity index (χ1n) is 9.63. The van der Waals surface area contributed by atoms with Gasteiger partial charge in [0.05, 0.1) is 0 Å². The summed E-state index contributed by atoms with van der Waals surface area (Å²) in [5, 5.41) is 3.60. The average molecular weight is 383 g/mol. The lowest BCUT2D eigenvalue weighted by molar-refractivity contribution is 0.0949. The van der Waals surface area contributed by atoms with E-state index in [0.29, 0.717) is 12.1 Å². The van der Waals surface area contributed by atoms with Crippen LogP contribution in [0.25, 0.3) is 11.0 Å². The Labute approximate surface area is 168 Å². The van der Waals surface area contributed by atoms with Crippen molar-refractivity contribution < 1.29 is 9.21 Å². The number of para-hydroxylation sites is 1. The molecule has 0 aliphatic carbocycles. The molecule has 1 N–H and O–H groups in total. The zero-order chi connectivity index (χ0) is 20.1. The SMILES string of the molecule is O=C(NCCC(c1ccccc1)c1ccccc1)c1cc2ccccc2oc1=O. The van der Waals surface area contributed by atoms with E-state index in [0.717, 1.165) is 11.8 Å². The second kappa shape index (κ2) is 8.57. The van der Waals surface area contributed by atoms with Gasteiger partial charge in [-0.1, -0.05) is 78.9 Å². The van der Waals surface area contributed by atoms with Crippen LogP contribution in [-0.4, -0.2) is 12.5 Å². The smallest absolute Gasteiger partial charge is 0.349 e. The summed E-state index contributed by atoms with van der Waals surface area (Å²) in [4.78, 5) is 24.8. The van der Waals surface area contributed by atoms with Gasteiger partial charge in [-0.2, -0.15) is 0 Å². The molecular formula is C25H21NO3. The molecule has 1 heterocycles. The van der Waals surface area contributed by atoms with Crippen molar-refractivity contribution in [3.8, 4) is 0 Å². The van der Waals surface area contributed by atoms with Crippen molar-refractivity contribution >= 4 is 16.9 Å². The van der Waals surface area contributed by atoms with E-state index in [1.54, 1.807) is 18.2 Å². The maximum Gasteiger partial charge on any atom is 0.349 e. The normalized spacial score (nSPS) is 10.9. The summed E-state index contributed by atoms with van der Waals surface area (Å²) in [7, 11) is 0. The predicted octanol–water partition coefficient (Wildman–Crippen LogP) is 4.75. The van der Waals surface area contributed by atoms with E-state index in [1.807, 2.05) is 48.5 Å². The lowest BCUT2D eigenvalue weighted by Gasteiger charge is -2.18. The fraction of sp³-hybridized carbons (Fsp3) is 0.120. The Balaban J connectivity index is 1.50. The van der Waals surface area contributed by atoms with Gasteiger partial charge in [-0.05, 0) is 29.7 Å². The number of fused-ring (bicyclic) bond motifs is 1. The van der Waals surface area contributed by atoms with Crippen molar-refractivity contribution in [1.82, 2.24) is 5.32 Å². The van der Waals surface area contributed by atoms with Crippen molar-refractivity contribution in [3.63, 3.8) is 0 Å². The van der Waals surface area contributed by atoms with Gasteiger partial charge in [-0.3, -0.25) is 4.79 Å². The van der Waals surface area contributed by atoms with Gasteiger partial charge in [0.1, 0.15) is 11.1 Å². The number of amides is 1. The molecule has 0 saturated heterocycles. The minimum absolute atomic E-state index is 0.0275. The standard InChI is InChI=1S/C25H21NO3/c27-24(22-17-20-13-7-8-14-23(20)29-25(22)28)26-16-15-21(18-9-3-1-4-10-18)19-11-5-2-6-12-19/h1-14,17,21H,15-16H2,(H,26,27). The molecule has 4 nitrogen and oxygen atoms in total. The van der Waals surface area contributed by atoms with Crippen LogP contribution >= 0.6 is 0 Å². The summed E-state index contributed by atoms with van der Waals surface area (Å²) >= 11 is 0. The number of rotatable bonds is 6. The van der Waals surface area contributed by atoms with Gasteiger partial charge in [0, 0.05) is 17.8 Å². The Morgan fingerprint density at radius 3 is 2.07 bits per heavy atom. The third-order valence-corrected chi connectivity index (χ3v) is 5.01. The van der Waals surface area contributed by atoms with Crippen LogP contribution < -0.4 is 10.9 Å². The number of hydrogen-bond acceptors (Lipinski definition) is 3. The highest BCUT2D eigenvalue weighted by atomic mass is 16.4. The molecule has 0 spiro atoms. The van der Waals surface area contributed by atoms with Crippen molar-refractivity contribution in [2.45, 2.75) is 12.3 Å². The molecule has 0 aliphatic heterocycles. The van der Waals surface area contributed by atoms with Gasteiger partial charge in [0.15, 0.2) is 0 Å². The monoisotopic (exact) mass is 383 g/mol. The van der Waals surface area contributed by atoms with Gasteiger partial charge in [-0.15, -0.1) is 0 Å². The summed E-state index contributed by atoms with van der Waals surface area (Å²) in [5.41, 5.74) is 2.27. The Hall–Kier alpha value is -3.66. The highest BCUT2D eigenvalue weighted by Crippen LogP contribution is 2.27. The molecule has 4 aromatic rings. The molecule has 1 aromatic heterocycles. The van der Waals surface area contributed by atoms with Gasteiger partial charge in [-0.25, -0.2) is 4.79 Å². The van der Waals surface area contributed by atoms with Crippen LogP contribution in [0.3, 0.4) is 0 Å². The minimum Gasteiger partial charge on any atom is -0.422 e. The van der Waals surface area contributed by atoms with E-state index >= 15 is 0 Å². The number of carbonyl (C=O) groups is 1. The second-order valence-corrected chi connectivity index (χ2v) is 6.90. The van der Waals surface area contributed by atoms with E-state index < -0.39 is 11.5 Å². The summed E-state index contributed by atoms with van der Waals surface area (Å²) in [5.74, 6) is -0.255.